The Morgan fingerprint density at radius 1 is 1.47 bits per heavy atom. The maximum absolute atomic E-state index is 6.37. The summed E-state index contributed by atoms with van der Waals surface area (Å²) in [7, 11) is 2.02. The summed E-state index contributed by atoms with van der Waals surface area (Å²) in [6.45, 7) is 2.14. The maximum Gasteiger partial charge on any atom is 0.0624 e. The molecule has 2 rings (SSSR count). The minimum absolute atomic E-state index is 0.0405. The van der Waals surface area contributed by atoms with Gasteiger partial charge in [0.2, 0.25) is 0 Å². The third-order valence-corrected chi connectivity index (χ3v) is 3.52. The molecule has 1 saturated carbocycles. The monoisotopic (exact) mass is 207 g/mol. The second kappa shape index (κ2) is 3.97. The van der Waals surface area contributed by atoms with Crippen molar-refractivity contribution in [2.45, 2.75) is 51.0 Å². The van der Waals surface area contributed by atoms with Crippen molar-refractivity contribution in [2.24, 2.45) is 12.8 Å². The second-order valence-corrected chi connectivity index (χ2v) is 4.85. The number of aromatic nitrogens is 2. The van der Waals surface area contributed by atoms with Gasteiger partial charge in [0, 0.05) is 24.7 Å². The van der Waals surface area contributed by atoms with E-state index in [2.05, 4.69) is 18.1 Å². The zero-order chi connectivity index (χ0) is 10.9. The molecule has 0 radical (unpaired) electrons. The molecule has 1 aliphatic carbocycles. The summed E-state index contributed by atoms with van der Waals surface area (Å²) in [5, 5.41) is 4.46. The van der Waals surface area contributed by atoms with Crippen molar-refractivity contribution in [3.63, 3.8) is 0 Å². The molecular weight excluding hydrogens is 186 g/mol. The Kier molecular flexibility index (Phi) is 2.83. The van der Waals surface area contributed by atoms with Gasteiger partial charge in [-0.3, -0.25) is 4.68 Å². The van der Waals surface area contributed by atoms with Crippen LogP contribution in [0.2, 0.25) is 0 Å². The van der Waals surface area contributed by atoms with Crippen molar-refractivity contribution in [3.8, 4) is 0 Å². The van der Waals surface area contributed by atoms with E-state index in [1.54, 1.807) is 0 Å². The molecule has 0 aliphatic heterocycles. The van der Waals surface area contributed by atoms with Crippen LogP contribution in [0.25, 0.3) is 0 Å². The van der Waals surface area contributed by atoms with Crippen LogP contribution in [0.1, 0.15) is 44.0 Å². The van der Waals surface area contributed by atoms with E-state index in [0.29, 0.717) is 0 Å². The molecule has 0 unspecified atom stereocenters. The highest BCUT2D eigenvalue weighted by molar-refractivity contribution is 5.14. The van der Waals surface area contributed by atoms with Gasteiger partial charge in [-0.05, 0) is 25.3 Å². The van der Waals surface area contributed by atoms with Crippen LogP contribution in [0.5, 0.6) is 0 Å². The summed E-state index contributed by atoms with van der Waals surface area (Å²) in [5.41, 5.74) is 8.87. The van der Waals surface area contributed by atoms with Crippen LogP contribution in [0.15, 0.2) is 6.07 Å². The quantitative estimate of drug-likeness (QED) is 0.821. The third-order valence-electron chi connectivity index (χ3n) is 3.52. The molecule has 1 aromatic rings. The van der Waals surface area contributed by atoms with Crippen LogP contribution in [0.3, 0.4) is 0 Å². The average molecular weight is 207 g/mol. The summed E-state index contributed by atoms with van der Waals surface area (Å²) in [4.78, 5) is 0. The first-order valence-corrected chi connectivity index (χ1v) is 5.94. The summed E-state index contributed by atoms with van der Waals surface area (Å²) in [6, 6.07) is 2.20. The molecule has 3 heteroatoms. The van der Waals surface area contributed by atoms with E-state index in [4.69, 9.17) is 5.73 Å². The molecule has 15 heavy (non-hydrogen) atoms. The Balaban J connectivity index is 2.12. The lowest BCUT2D eigenvalue weighted by Gasteiger charge is -2.23. The maximum atomic E-state index is 6.37. The van der Waals surface area contributed by atoms with Crippen LogP contribution < -0.4 is 5.73 Å². The lowest BCUT2D eigenvalue weighted by Crippen LogP contribution is -2.39. The van der Waals surface area contributed by atoms with E-state index in [0.717, 1.165) is 12.8 Å². The Morgan fingerprint density at radius 3 is 2.67 bits per heavy atom. The smallest absolute Gasteiger partial charge is 0.0624 e. The van der Waals surface area contributed by atoms with Crippen molar-refractivity contribution in [2.75, 3.05) is 0 Å². The van der Waals surface area contributed by atoms with Gasteiger partial charge in [-0.25, -0.2) is 0 Å². The van der Waals surface area contributed by atoms with Crippen LogP contribution in [0, 0.1) is 0 Å². The van der Waals surface area contributed by atoms with E-state index in [1.807, 2.05) is 11.7 Å². The van der Waals surface area contributed by atoms with Gasteiger partial charge in [0.25, 0.3) is 0 Å². The topological polar surface area (TPSA) is 43.8 Å². The van der Waals surface area contributed by atoms with Crippen LogP contribution >= 0.6 is 0 Å². The average Bonchev–Trinajstić information content (AvgIpc) is 2.75. The number of hydrogen-bond acceptors (Lipinski definition) is 2. The fourth-order valence-electron chi connectivity index (χ4n) is 2.53. The van der Waals surface area contributed by atoms with Gasteiger partial charge < -0.3 is 5.73 Å². The van der Waals surface area contributed by atoms with Crippen molar-refractivity contribution in [3.05, 3.63) is 17.5 Å². The molecule has 0 bridgehead atoms. The fourth-order valence-corrected chi connectivity index (χ4v) is 2.53. The summed E-state index contributed by atoms with van der Waals surface area (Å²) < 4.78 is 1.99. The Hall–Kier alpha value is -0.830. The summed E-state index contributed by atoms with van der Waals surface area (Å²) in [5.74, 6) is 0. The minimum Gasteiger partial charge on any atom is -0.325 e. The lowest BCUT2D eigenvalue weighted by molar-refractivity contribution is 0.423. The van der Waals surface area contributed by atoms with E-state index in [9.17, 15) is 0 Å². The molecule has 1 heterocycles. The highest BCUT2D eigenvalue weighted by Gasteiger charge is 2.30. The van der Waals surface area contributed by atoms with Gasteiger partial charge in [0.1, 0.15) is 0 Å². The van der Waals surface area contributed by atoms with E-state index >= 15 is 0 Å². The standard InChI is InChI=1S/C12H21N3/c1-3-10-8-11(15(2)14-10)9-12(13)6-4-5-7-12/h8H,3-7,9,13H2,1-2H3. The largest absolute Gasteiger partial charge is 0.325 e. The first kappa shape index (κ1) is 10.7. The van der Waals surface area contributed by atoms with Crippen molar-refractivity contribution in [1.29, 1.82) is 0 Å². The Morgan fingerprint density at radius 2 is 2.13 bits per heavy atom. The summed E-state index contributed by atoms with van der Waals surface area (Å²) >= 11 is 0. The first-order valence-electron chi connectivity index (χ1n) is 5.94. The Bertz CT molecular complexity index is 335. The van der Waals surface area contributed by atoms with Crippen molar-refractivity contribution in [1.82, 2.24) is 9.78 Å². The van der Waals surface area contributed by atoms with Crippen molar-refractivity contribution < 1.29 is 0 Å². The predicted molar refractivity (Wildman–Crippen MR) is 61.7 cm³/mol. The fraction of sp³-hybridized carbons (Fsp3) is 0.750. The zero-order valence-electron chi connectivity index (χ0n) is 9.79. The number of rotatable bonds is 3. The molecule has 0 saturated heterocycles. The SMILES string of the molecule is CCc1cc(CC2(N)CCCC2)n(C)n1. The molecule has 2 N–H and O–H groups in total. The molecule has 84 valence electrons. The van der Waals surface area contributed by atoms with Gasteiger partial charge in [-0.2, -0.15) is 5.10 Å². The second-order valence-electron chi connectivity index (χ2n) is 4.85. The number of nitrogens with two attached hydrogens (primary N) is 1. The normalized spacial score (nSPS) is 19.7. The van der Waals surface area contributed by atoms with E-state index in [1.165, 1.54) is 37.1 Å². The third kappa shape index (κ3) is 2.23. The van der Waals surface area contributed by atoms with Gasteiger partial charge in [0.05, 0.1) is 5.69 Å². The van der Waals surface area contributed by atoms with Gasteiger partial charge in [-0.1, -0.05) is 19.8 Å². The molecule has 1 aromatic heterocycles. The zero-order valence-corrected chi connectivity index (χ0v) is 9.79. The van der Waals surface area contributed by atoms with E-state index < -0.39 is 0 Å². The van der Waals surface area contributed by atoms with Gasteiger partial charge in [-0.15, -0.1) is 0 Å². The minimum atomic E-state index is 0.0405. The van der Waals surface area contributed by atoms with Gasteiger partial charge >= 0.3 is 0 Å². The number of aryl methyl sites for hydroxylation is 2. The molecule has 1 aliphatic rings. The molecule has 0 atom stereocenters. The van der Waals surface area contributed by atoms with Crippen LogP contribution in [0.4, 0.5) is 0 Å². The number of nitrogens with zero attached hydrogens (tertiary/aromatic N) is 2. The molecule has 1 fully saturated rings. The molecular formula is C12H21N3. The van der Waals surface area contributed by atoms with Crippen LogP contribution in [-0.4, -0.2) is 15.3 Å². The predicted octanol–water partition coefficient (Wildman–Crippen LogP) is 1.80. The van der Waals surface area contributed by atoms with E-state index in [-0.39, 0.29) is 5.54 Å². The highest BCUT2D eigenvalue weighted by atomic mass is 15.3. The van der Waals surface area contributed by atoms with Crippen LogP contribution in [-0.2, 0) is 19.9 Å². The van der Waals surface area contributed by atoms with Gasteiger partial charge in [0.15, 0.2) is 0 Å². The molecule has 0 amide bonds. The molecule has 0 spiro atoms. The highest BCUT2D eigenvalue weighted by Crippen LogP contribution is 2.30. The summed E-state index contributed by atoms with van der Waals surface area (Å²) in [6.07, 6.45) is 6.89. The lowest BCUT2D eigenvalue weighted by atomic mass is 9.93. The Labute approximate surface area is 91.7 Å². The van der Waals surface area contributed by atoms with Crippen molar-refractivity contribution >= 4 is 0 Å². The molecule has 3 nitrogen and oxygen atoms in total. The molecule has 0 aromatic carbocycles. The number of hydrogen-bond donors (Lipinski definition) is 1. The first-order chi connectivity index (χ1) is 7.13.